The quantitative estimate of drug-likeness (QED) is 0.266. The SMILES string of the molecule is CN=C(NCCc1c[nH]c2ccccc12)NCc1cccc(OC)c1OC.I. The molecule has 0 unspecified atom stereocenters. The summed E-state index contributed by atoms with van der Waals surface area (Å²) in [7, 11) is 5.06. The van der Waals surface area contributed by atoms with Crippen LogP contribution in [0.4, 0.5) is 0 Å². The molecule has 7 heteroatoms. The highest BCUT2D eigenvalue weighted by Gasteiger charge is 2.10. The average Bonchev–Trinajstić information content (AvgIpc) is 3.13. The van der Waals surface area contributed by atoms with Crippen LogP contribution >= 0.6 is 24.0 Å². The summed E-state index contributed by atoms with van der Waals surface area (Å²) < 4.78 is 10.8. The highest BCUT2D eigenvalue weighted by Crippen LogP contribution is 2.30. The van der Waals surface area contributed by atoms with Crippen LogP contribution in [0.1, 0.15) is 11.1 Å². The van der Waals surface area contributed by atoms with Crippen molar-refractivity contribution in [1.29, 1.82) is 0 Å². The number of guanidine groups is 1. The summed E-state index contributed by atoms with van der Waals surface area (Å²) >= 11 is 0. The van der Waals surface area contributed by atoms with E-state index < -0.39 is 0 Å². The predicted octanol–water partition coefficient (Wildman–Crippen LogP) is 3.71. The molecule has 150 valence electrons. The molecule has 1 aromatic heterocycles. The van der Waals surface area contributed by atoms with Crippen molar-refractivity contribution >= 4 is 40.8 Å². The fourth-order valence-electron chi connectivity index (χ4n) is 3.15. The second-order valence-electron chi connectivity index (χ2n) is 6.11. The van der Waals surface area contributed by atoms with Crippen LogP contribution in [0.15, 0.2) is 53.7 Å². The predicted molar refractivity (Wildman–Crippen MR) is 125 cm³/mol. The van der Waals surface area contributed by atoms with E-state index in [4.69, 9.17) is 9.47 Å². The number of hydrogen-bond acceptors (Lipinski definition) is 3. The summed E-state index contributed by atoms with van der Waals surface area (Å²) in [5, 5.41) is 7.95. The first-order chi connectivity index (χ1) is 13.3. The lowest BCUT2D eigenvalue weighted by molar-refractivity contribution is 0.351. The summed E-state index contributed by atoms with van der Waals surface area (Å²) in [6.07, 6.45) is 2.98. The summed E-state index contributed by atoms with van der Waals surface area (Å²) in [4.78, 5) is 7.61. The zero-order valence-corrected chi connectivity index (χ0v) is 18.7. The molecular weight excluding hydrogens is 467 g/mol. The number of halogens is 1. The number of rotatable bonds is 7. The number of nitrogens with one attached hydrogen (secondary N) is 3. The molecule has 0 aliphatic heterocycles. The van der Waals surface area contributed by atoms with E-state index in [9.17, 15) is 0 Å². The lowest BCUT2D eigenvalue weighted by Gasteiger charge is -2.15. The van der Waals surface area contributed by atoms with Gasteiger partial charge in [-0.25, -0.2) is 0 Å². The van der Waals surface area contributed by atoms with Gasteiger partial charge in [0.05, 0.1) is 14.2 Å². The van der Waals surface area contributed by atoms with Crippen LogP contribution in [-0.4, -0.2) is 38.8 Å². The van der Waals surface area contributed by atoms with Crippen molar-refractivity contribution < 1.29 is 9.47 Å². The van der Waals surface area contributed by atoms with Crippen LogP contribution in [0.25, 0.3) is 10.9 Å². The molecule has 0 fully saturated rings. The van der Waals surface area contributed by atoms with Crippen molar-refractivity contribution in [3.63, 3.8) is 0 Å². The third kappa shape index (κ3) is 5.09. The molecular formula is C21H27IN4O2. The van der Waals surface area contributed by atoms with Gasteiger partial charge in [-0.05, 0) is 24.1 Å². The van der Waals surface area contributed by atoms with Crippen molar-refractivity contribution in [2.75, 3.05) is 27.8 Å². The minimum atomic E-state index is 0. The van der Waals surface area contributed by atoms with E-state index in [1.54, 1.807) is 21.3 Å². The summed E-state index contributed by atoms with van der Waals surface area (Å²) in [5.41, 5.74) is 3.47. The molecule has 3 rings (SSSR count). The van der Waals surface area contributed by atoms with Crippen LogP contribution in [0.5, 0.6) is 11.5 Å². The van der Waals surface area contributed by atoms with Crippen molar-refractivity contribution in [1.82, 2.24) is 15.6 Å². The molecule has 0 aliphatic rings. The maximum Gasteiger partial charge on any atom is 0.191 e. The summed E-state index contributed by atoms with van der Waals surface area (Å²) in [5.74, 6) is 2.21. The van der Waals surface area contributed by atoms with Gasteiger partial charge >= 0.3 is 0 Å². The van der Waals surface area contributed by atoms with Crippen LogP contribution < -0.4 is 20.1 Å². The third-order valence-corrected chi connectivity index (χ3v) is 4.52. The molecule has 0 spiro atoms. The van der Waals surface area contributed by atoms with Crippen molar-refractivity contribution in [3.8, 4) is 11.5 Å². The minimum absolute atomic E-state index is 0. The van der Waals surface area contributed by atoms with Gasteiger partial charge in [0.15, 0.2) is 17.5 Å². The number of ether oxygens (including phenoxy) is 2. The van der Waals surface area contributed by atoms with Gasteiger partial charge in [0.2, 0.25) is 0 Å². The molecule has 0 bridgehead atoms. The van der Waals surface area contributed by atoms with Gasteiger partial charge < -0.3 is 25.1 Å². The fraction of sp³-hybridized carbons (Fsp3) is 0.286. The monoisotopic (exact) mass is 494 g/mol. The number of para-hydroxylation sites is 2. The third-order valence-electron chi connectivity index (χ3n) is 4.52. The van der Waals surface area contributed by atoms with E-state index in [1.807, 2.05) is 24.3 Å². The number of aromatic amines is 1. The van der Waals surface area contributed by atoms with Gasteiger partial charge in [0.25, 0.3) is 0 Å². The Bertz CT molecular complexity index is 924. The van der Waals surface area contributed by atoms with Crippen LogP contribution in [-0.2, 0) is 13.0 Å². The molecule has 0 atom stereocenters. The van der Waals surface area contributed by atoms with E-state index in [0.717, 1.165) is 36.0 Å². The van der Waals surface area contributed by atoms with E-state index >= 15 is 0 Å². The molecule has 6 nitrogen and oxygen atoms in total. The van der Waals surface area contributed by atoms with E-state index in [1.165, 1.54) is 16.5 Å². The molecule has 3 N–H and O–H groups in total. The molecule has 28 heavy (non-hydrogen) atoms. The normalized spacial score (nSPS) is 11.0. The molecule has 0 radical (unpaired) electrons. The molecule has 0 saturated carbocycles. The highest BCUT2D eigenvalue weighted by atomic mass is 127. The number of aromatic nitrogens is 1. The van der Waals surface area contributed by atoms with E-state index in [0.29, 0.717) is 6.54 Å². The Balaban J connectivity index is 0.00000280. The maximum absolute atomic E-state index is 5.48. The maximum atomic E-state index is 5.48. The Hall–Kier alpha value is -2.42. The number of benzene rings is 2. The van der Waals surface area contributed by atoms with Crippen molar-refractivity contribution in [2.24, 2.45) is 4.99 Å². The standard InChI is InChI=1S/C21H26N4O2.HI/c1-22-21(25-14-16-7-6-10-19(26-2)20(16)27-3)23-12-11-15-13-24-18-9-5-4-8-17(15)18;/h4-10,13,24H,11-12,14H2,1-3H3,(H2,22,23,25);1H. The van der Waals surface area contributed by atoms with Gasteiger partial charge in [-0.2, -0.15) is 0 Å². The van der Waals surface area contributed by atoms with Gasteiger partial charge in [0.1, 0.15) is 0 Å². The number of aliphatic imine (C=N–C) groups is 1. The Morgan fingerprint density at radius 1 is 1.00 bits per heavy atom. The first-order valence-corrected chi connectivity index (χ1v) is 8.96. The van der Waals surface area contributed by atoms with Gasteiger partial charge in [0, 0.05) is 42.8 Å². The number of hydrogen-bond donors (Lipinski definition) is 3. The van der Waals surface area contributed by atoms with Gasteiger partial charge in [-0.3, -0.25) is 4.99 Å². The Kier molecular flexibility index (Phi) is 8.43. The molecule has 0 amide bonds. The number of H-pyrrole nitrogens is 1. The van der Waals surface area contributed by atoms with Crippen LogP contribution in [0.3, 0.4) is 0 Å². The van der Waals surface area contributed by atoms with Crippen molar-refractivity contribution in [2.45, 2.75) is 13.0 Å². The average molecular weight is 494 g/mol. The van der Waals surface area contributed by atoms with E-state index in [2.05, 4.69) is 45.0 Å². The van der Waals surface area contributed by atoms with E-state index in [-0.39, 0.29) is 24.0 Å². The molecule has 3 aromatic rings. The number of fused-ring (bicyclic) bond motifs is 1. The minimum Gasteiger partial charge on any atom is -0.493 e. The first-order valence-electron chi connectivity index (χ1n) is 8.96. The Morgan fingerprint density at radius 2 is 1.82 bits per heavy atom. The Labute approximate surface area is 182 Å². The molecule has 2 aromatic carbocycles. The topological polar surface area (TPSA) is 70.7 Å². The Morgan fingerprint density at radius 3 is 2.57 bits per heavy atom. The molecule has 0 saturated heterocycles. The van der Waals surface area contributed by atoms with Crippen molar-refractivity contribution in [3.05, 3.63) is 59.8 Å². The van der Waals surface area contributed by atoms with Gasteiger partial charge in [-0.1, -0.05) is 30.3 Å². The highest BCUT2D eigenvalue weighted by molar-refractivity contribution is 14.0. The lowest BCUT2D eigenvalue weighted by Crippen LogP contribution is -2.37. The number of nitrogens with zero attached hydrogens (tertiary/aromatic N) is 1. The van der Waals surface area contributed by atoms with Gasteiger partial charge in [-0.15, -0.1) is 24.0 Å². The summed E-state index contributed by atoms with van der Waals surface area (Å²) in [6, 6.07) is 14.2. The fourth-order valence-corrected chi connectivity index (χ4v) is 3.15. The first kappa shape index (κ1) is 21.9. The van der Waals surface area contributed by atoms with Crippen LogP contribution in [0, 0.1) is 0 Å². The smallest absolute Gasteiger partial charge is 0.191 e. The van der Waals surface area contributed by atoms with Crippen LogP contribution in [0.2, 0.25) is 0 Å². The largest absolute Gasteiger partial charge is 0.493 e. The summed E-state index contributed by atoms with van der Waals surface area (Å²) in [6.45, 7) is 1.38. The second kappa shape index (κ2) is 10.8. The zero-order chi connectivity index (χ0) is 19.1. The lowest BCUT2D eigenvalue weighted by atomic mass is 10.1. The number of methoxy groups -OCH3 is 2. The molecule has 1 heterocycles. The second-order valence-corrected chi connectivity index (χ2v) is 6.11. The molecule has 0 aliphatic carbocycles. The zero-order valence-electron chi connectivity index (χ0n) is 16.4.